The molecule has 0 amide bonds. The summed E-state index contributed by atoms with van der Waals surface area (Å²) in [6.07, 6.45) is 29.9. The molecule has 3 rings (SSSR count). The van der Waals surface area contributed by atoms with E-state index < -0.39 is 0 Å². The fourth-order valence-electron chi connectivity index (χ4n) is 6.95. The zero-order valence-electron chi connectivity index (χ0n) is 32.1. The molecule has 0 N–H and O–H groups in total. The van der Waals surface area contributed by atoms with E-state index in [0.29, 0.717) is 0 Å². The molecule has 1 aliphatic heterocycles. The minimum Gasteiger partial charge on any atom is -0.363 e. The summed E-state index contributed by atoms with van der Waals surface area (Å²) in [6, 6.07) is 8.00. The second-order valence-corrected chi connectivity index (χ2v) is 15.3. The molecule has 0 radical (unpaired) electrons. The Morgan fingerprint density at radius 1 is 0.688 bits per heavy atom. The van der Waals surface area contributed by atoms with Gasteiger partial charge in [-0.25, -0.2) is 0 Å². The Hall–Kier alpha value is -2.97. The van der Waals surface area contributed by atoms with Crippen molar-refractivity contribution in [1.29, 1.82) is 0 Å². The van der Waals surface area contributed by atoms with Crippen LogP contribution in [0.5, 0.6) is 0 Å². The number of carbonyl (C=O) groups is 1. The number of ether oxygens (including phenoxy) is 1. The van der Waals surface area contributed by atoms with Gasteiger partial charge >= 0.3 is 0 Å². The van der Waals surface area contributed by atoms with E-state index in [-0.39, 0.29) is 17.5 Å². The lowest BCUT2D eigenvalue weighted by Gasteiger charge is -2.43. The first-order valence-electron chi connectivity index (χ1n) is 18.8. The largest absolute Gasteiger partial charge is 0.363 e. The van der Waals surface area contributed by atoms with Gasteiger partial charge in [0.05, 0.1) is 5.60 Å². The number of benzene rings is 1. The summed E-state index contributed by atoms with van der Waals surface area (Å²) in [7, 11) is 0. The van der Waals surface area contributed by atoms with E-state index in [0.717, 1.165) is 93.7 Å². The molecule has 0 aromatic heterocycles. The maximum Gasteiger partial charge on any atom is 0.189 e. The van der Waals surface area contributed by atoms with Crippen LogP contribution in [0.15, 0.2) is 105 Å². The van der Waals surface area contributed by atoms with Crippen LogP contribution in [0.4, 0.5) is 0 Å². The fourth-order valence-corrected chi connectivity index (χ4v) is 6.95. The SMILES string of the molecule is CC(C)=CCCC(C)=CCCC(C)=CCCC(C)=CCCC(C)=CCCC(C)=CCC[C@]1(C)CCC2=C(C)C(=O)c3ccccc3[C@@H]2O1. The molecular weight excluding hydrogens is 585 g/mol. The summed E-state index contributed by atoms with van der Waals surface area (Å²) in [5.74, 6) is 0.170. The maximum atomic E-state index is 12.9. The van der Waals surface area contributed by atoms with Crippen LogP contribution in [0.25, 0.3) is 0 Å². The minimum atomic E-state index is -0.169. The third kappa shape index (κ3) is 13.1. The molecule has 1 fully saturated rings. The second-order valence-electron chi connectivity index (χ2n) is 15.3. The van der Waals surface area contributed by atoms with Gasteiger partial charge in [0.1, 0.15) is 6.10 Å². The zero-order valence-corrected chi connectivity index (χ0v) is 32.1. The van der Waals surface area contributed by atoms with Gasteiger partial charge in [-0.15, -0.1) is 0 Å². The van der Waals surface area contributed by atoms with Crippen molar-refractivity contribution in [3.63, 3.8) is 0 Å². The van der Waals surface area contributed by atoms with E-state index in [4.69, 9.17) is 4.74 Å². The Morgan fingerprint density at radius 2 is 1.12 bits per heavy atom. The number of allylic oxidation sites excluding steroid dienone is 13. The molecule has 2 heteroatoms. The third-order valence-corrected chi connectivity index (χ3v) is 10.3. The maximum absolute atomic E-state index is 12.9. The lowest BCUT2D eigenvalue weighted by atomic mass is 9.77. The molecule has 0 bridgehead atoms. The van der Waals surface area contributed by atoms with Crippen molar-refractivity contribution in [2.75, 3.05) is 0 Å². The molecule has 1 aromatic rings. The zero-order chi connectivity index (χ0) is 35.1. The van der Waals surface area contributed by atoms with Crippen LogP contribution >= 0.6 is 0 Å². The average molecular weight is 651 g/mol. The Morgan fingerprint density at radius 3 is 1.60 bits per heavy atom. The van der Waals surface area contributed by atoms with E-state index in [1.54, 1.807) is 0 Å². The highest BCUT2D eigenvalue weighted by molar-refractivity contribution is 6.11. The van der Waals surface area contributed by atoms with Crippen LogP contribution in [0.2, 0.25) is 0 Å². The van der Waals surface area contributed by atoms with Gasteiger partial charge in [-0.2, -0.15) is 0 Å². The van der Waals surface area contributed by atoms with Gasteiger partial charge in [0.15, 0.2) is 5.78 Å². The predicted molar refractivity (Wildman–Crippen MR) is 209 cm³/mol. The number of Topliss-reactive ketones (excluding diaryl/α,β-unsaturated/α-hetero) is 1. The van der Waals surface area contributed by atoms with Gasteiger partial charge in [-0.05, 0) is 169 Å². The molecule has 1 heterocycles. The van der Waals surface area contributed by atoms with Crippen LogP contribution < -0.4 is 0 Å². The van der Waals surface area contributed by atoms with Crippen molar-refractivity contribution >= 4 is 5.78 Å². The van der Waals surface area contributed by atoms with Crippen LogP contribution in [0.1, 0.15) is 174 Å². The topological polar surface area (TPSA) is 26.3 Å². The summed E-state index contributed by atoms with van der Waals surface area (Å²) >= 11 is 0. The molecule has 0 spiro atoms. The van der Waals surface area contributed by atoms with Crippen molar-refractivity contribution < 1.29 is 9.53 Å². The first kappa shape index (κ1) is 39.5. The number of fused-ring (bicyclic) bond motifs is 3. The molecule has 262 valence electrons. The van der Waals surface area contributed by atoms with Crippen LogP contribution in [-0.2, 0) is 4.74 Å². The quantitative estimate of drug-likeness (QED) is 0.148. The van der Waals surface area contributed by atoms with Crippen molar-refractivity contribution in [2.45, 2.75) is 164 Å². The smallest absolute Gasteiger partial charge is 0.189 e. The van der Waals surface area contributed by atoms with Gasteiger partial charge in [-0.1, -0.05) is 94.2 Å². The summed E-state index contributed by atoms with van der Waals surface area (Å²) in [4.78, 5) is 12.9. The fraction of sp³-hybridized carbons (Fsp3) is 0.543. The monoisotopic (exact) mass is 651 g/mol. The van der Waals surface area contributed by atoms with Crippen molar-refractivity contribution in [1.82, 2.24) is 0 Å². The minimum absolute atomic E-state index is 0.0784. The van der Waals surface area contributed by atoms with Crippen molar-refractivity contribution in [2.24, 2.45) is 0 Å². The normalized spacial score (nSPS) is 21.0. The number of ketones is 1. The Bertz CT molecular complexity index is 1450. The van der Waals surface area contributed by atoms with E-state index in [1.807, 2.05) is 25.1 Å². The molecule has 1 aliphatic carbocycles. The van der Waals surface area contributed by atoms with E-state index >= 15 is 0 Å². The highest BCUT2D eigenvalue weighted by atomic mass is 16.5. The molecular formula is C46H66O2. The molecule has 0 saturated carbocycles. The van der Waals surface area contributed by atoms with Gasteiger partial charge in [0.2, 0.25) is 0 Å². The average Bonchev–Trinajstić information content (AvgIpc) is 3.03. The van der Waals surface area contributed by atoms with Crippen LogP contribution in [-0.4, -0.2) is 11.4 Å². The van der Waals surface area contributed by atoms with Gasteiger partial charge in [0.25, 0.3) is 0 Å². The number of rotatable bonds is 18. The van der Waals surface area contributed by atoms with Crippen molar-refractivity contribution in [3.8, 4) is 0 Å². The first-order valence-corrected chi connectivity index (χ1v) is 18.8. The molecule has 48 heavy (non-hydrogen) atoms. The summed E-state index contributed by atoms with van der Waals surface area (Å²) in [5.41, 5.74) is 12.7. The Balaban J connectivity index is 1.32. The third-order valence-electron chi connectivity index (χ3n) is 10.3. The van der Waals surface area contributed by atoms with E-state index in [2.05, 4.69) is 97.9 Å². The van der Waals surface area contributed by atoms with E-state index in [1.165, 1.54) is 51.9 Å². The number of carbonyl (C=O) groups excluding carboxylic acids is 1. The Labute approximate surface area is 294 Å². The first-order chi connectivity index (χ1) is 22.9. The van der Waals surface area contributed by atoms with Gasteiger partial charge in [-0.3, -0.25) is 4.79 Å². The molecule has 0 unspecified atom stereocenters. The number of hydrogen-bond acceptors (Lipinski definition) is 2. The highest BCUT2D eigenvalue weighted by Crippen LogP contribution is 2.47. The number of hydrogen-bond donors (Lipinski definition) is 0. The highest BCUT2D eigenvalue weighted by Gasteiger charge is 2.41. The molecule has 2 atom stereocenters. The van der Waals surface area contributed by atoms with Gasteiger partial charge < -0.3 is 4.74 Å². The Kier molecular flexibility index (Phi) is 16.4. The van der Waals surface area contributed by atoms with Crippen LogP contribution in [0.3, 0.4) is 0 Å². The van der Waals surface area contributed by atoms with Crippen molar-refractivity contribution in [3.05, 3.63) is 116 Å². The van der Waals surface area contributed by atoms with Crippen LogP contribution in [0, 0.1) is 0 Å². The predicted octanol–water partition coefficient (Wildman–Crippen LogP) is 14.2. The molecule has 1 aromatic carbocycles. The summed E-state index contributed by atoms with van der Waals surface area (Å²) in [6.45, 7) is 20.0. The molecule has 1 saturated heterocycles. The standard InChI is InChI=1S/C46H66O2/c1-34(2)18-12-19-35(3)20-13-21-36(4)22-14-23-37(5)24-15-25-38(6)26-16-27-39(7)28-17-32-46(9)33-31-41-40(8)44(47)42-29-10-11-30-43(42)45(41)48-46/h10-11,18,20,22,24,26,28-30,45H,12-17,19,21,23,25,27,31-33H2,1-9H3/t45-,46-/m1/s1. The molecule has 2 aliphatic rings. The lowest BCUT2D eigenvalue weighted by molar-refractivity contribution is -0.0997. The summed E-state index contributed by atoms with van der Waals surface area (Å²) in [5, 5.41) is 0. The van der Waals surface area contributed by atoms with Gasteiger partial charge in [0, 0.05) is 5.56 Å². The van der Waals surface area contributed by atoms with E-state index in [9.17, 15) is 4.79 Å². The second kappa shape index (κ2) is 19.9. The summed E-state index contributed by atoms with van der Waals surface area (Å²) < 4.78 is 6.78. The lowest BCUT2D eigenvalue weighted by Crippen LogP contribution is -2.38. The molecule has 2 nitrogen and oxygen atoms in total.